The van der Waals surface area contributed by atoms with Crippen LogP contribution in [0.4, 0.5) is 0 Å². The van der Waals surface area contributed by atoms with Gasteiger partial charge in [-0.15, -0.1) is 0 Å². The van der Waals surface area contributed by atoms with E-state index in [4.69, 9.17) is 4.74 Å². The monoisotopic (exact) mass is 269 g/mol. The fraction of sp³-hybridized carbons (Fsp3) is 0.938. The molecule has 0 spiro atoms. The van der Waals surface area contributed by atoms with Gasteiger partial charge in [-0.3, -0.25) is 9.69 Å². The minimum Gasteiger partial charge on any atom is -0.379 e. The predicted molar refractivity (Wildman–Crippen MR) is 79.4 cm³/mol. The fourth-order valence-corrected chi connectivity index (χ4v) is 3.18. The van der Waals surface area contributed by atoms with Crippen LogP contribution in [0.5, 0.6) is 0 Å². The Morgan fingerprint density at radius 1 is 1.42 bits per heavy atom. The quantitative estimate of drug-likeness (QED) is 0.741. The highest BCUT2D eigenvalue weighted by Crippen LogP contribution is 2.37. The number of carbonyl (C=O) groups excluding carboxylic acids is 1. The molecule has 2 atom stereocenters. The van der Waals surface area contributed by atoms with Crippen molar-refractivity contribution in [3.05, 3.63) is 0 Å². The molecule has 1 fully saturated rings. The third-order valence-electron chi connectivity index (χ3n) is 4.86. The second kappa shape index (κ2) is 6.36. The van der Waals surface area contributed by atoms with Crippen molar-refractivity contribution in [1.82, 2.24) is 4.90 Å². The van der Waals surface area contributed by atoms with Crippen molar-refractivity contribution < 1.29 is 9.53 Å². The van der Waals surface area contributed by atoms with Crippen molar-refractivity contribution in [2.24, 2.45) is 5.92 Å². The van der Waals surface area contributed by atoms with Crippen LogP contribution in [0.2, 0.25) is 0 Å². The van der Waals surface area contributed by atoms with Crippen LogP contribution in [-0.2, 0) is 9.53 Å². The number of ketones is 1. The topological polar surface area (TPSA) is 29.5 Å². The molecule has 0 bridgehead atoms. The number of carbonyl (C=O) groups is 1. The molecule has 0 radical (unpaired) electrons. The van der Waals surface area contributed by atoms with Gasteiger partial charge in [0.05, 0.1) is 11.1 Å². The van der Waals surface area contributed by atoms with Crippen LogP contribution in [0.25, 0.3) is 0 Å². The van der Waals surface area contributed by atoms with Crippen LogP contribution >= 0.6 is 0 Å². The first-order valence-electron chi connectivity index (χ1n) is 7.49. The lowest BCUT2D eigenvalue weighted by atomic mass is 9.72. The lowest BCUT2D eigenvalue weighted by Gasteiger charge is -2.44. The van der Waals surface area contributed by atoms with Gasteiger partial charge >= 0.3 is 0 Å². The number of nitrogens with zero attached hydrogens (tertiary/aromatic N) is 1. The standard InChI is InChI=1S/C16H31NO2/c1-13-8-7-10-16(12-13,17(4)5)14(18)9-11-15(2,3)19-6/h13H,7-12H2,1-6H3. The molecule has 3 nitrogen and oxygen atoms in total. The van der Waals surface area contributed by atoms with Crippen LogP contribution in [0, 0.1) is 5.92 Å². The molecule has 0 aromatic rings. The molecule has 0 saturated heterocycles. The van der Waals surface area contributed by atoms with Gasteiger partial charge in [-0.25, -0.2) is 0 Å². The largest absolute Gasteiger partial charge is 0.379 e. The molecular weight excluding hydrogens is 238 g/mol. The molecule has 112 valence electrons. The van der Waals surface area contributed by atoms with E-state index in [1.807, 2.05) is 13.8 Å². The number of rotatable bonds is 6. The zero-order chi connectivity index (χ0) is 14.7. The van der Waals surface area contributed by atoms with Gasteiger partial charge in [0.1, 0.15) is 0 Å². The van der Waals surface area contributed by atoms with Crippen molar-refractivity contribution in [3.63, 3.8) is 0 Å². The van der Waals surface area contributed by atoms with E-state index in [2.05, 4.69) is 25.9 Å². The second-order valence-electron chi connectivity index (χ2n) is 7.01. The summed E-state index contributed by atoms with van der Waals surface area (Å²) in [4.78, 5) is 14.9. The van der Waals surface area contributed by atoms with Gasteiger partial charge in [0.25, 0.3) is 0 Å². The maximum atomic E-state index is 12.8. The van der Waals surface area contributed by atoms with Gasteiger partial charge in [-0.05, 0) is 53.1 Å². The van der Waals surface area contributed by atoms with Crippen molar-refractivity contribution in [2.45, 2.75) is 70.4 Å². The zero-order valence-corrected chi connectivity index (χ0v) is 13.6. The minimum absolute atomic E-state index is 0.205. The van der Waals surface area contributed by atoms with Crippen molar-refractivity contribution in [3.8, 4) is 0 Å². The second-order valence-corrected chi connectivity index (χ2v) is 7.01. The van der Waals surface area contributed by atoms with E-state index < -0.39 is 0 Å². The van der Waals surface area contributed by atoms with Crippen molar-refractivity contribution in [1.29, 1.82) is 0 Å². The molecule has 1 aliphatic rings. The van der Waals surface area contributed by atoms with Crippen molar-refractivity contribution >= 4 is 5.78 Å². The Kier molecular flexibility index (Phi) is 5.57. The van der Waals surface area contributed by atoms with Crippen LogP contribution in [0.1, 0.15) is 59.3 Å². The Bertz CT molecular complexity index is 312. The molecule has 0 heterocycles. The normalized spacial score (nSPS) is 28.7. The molecule has 0 aromatic heterocycles. The summed E-state index contributed by atoms with van der Waals surface area (Å²) in [5.74, 6) is 1.05. The number of Topliss-reactive ketones (excluding diaryl/α,β-unsaturated/α-hetero) is 1. The summed E-state index contributed by atoms with van der Waals surface area (Å²) in [5, 5.41) is 0. The van der Waals surface area contributed by atoms with Crippen LogP contribution < -0.4 is 0 Å². The fourth-order valence-electron chi connectivity index (χ4n) is 3.18. The van der Waals surface area contributed by atoms with E-state index in [1.165, 1.54) is 12.8 Å². The molecular formula is C16H31NO2. The van der Waals surface area contributed by atoms with Crippen LogP contribution in [0.3, 0.4) is 0 Å². The summed E-state index contributed by atoms with van der Waals surface area (Å²) in [5.41, 5.74) is -0.440. The molecule has 1 rings (SSSR count). The van der Waals surface area contributed by atoms with Crippen molar-refractivity contribution in [2.75, 3.05) is 21.2 Å². The average molecular weight is 269 g/mol. The van der Waals surface area contributed by atoms with E-state index in [1.54, 1.807) is 7.11 Å². The Hall–Kier alpha value is -0.410. The first-order chi connectivity index (χ1) is 8.73. The molecule has 19 heavy (non-hydrogen) atoms. The highest BCUT2D eigenvalue weighted by Gasteiger charge is 2.43. The summed E-state index contributed by atoms with van der Waals surface area (Å²) >= 11 is 0. The van der Waals surface area contributed by atoms with Gasteiger partial charge in [-0.2, -0.15) is 0 Å². The van der Waals surface area contributed by atoms with Gasteiger partial charge in [0.15, 0.2) is 5.78 Å². The molecule has 3 heteroatoms. The SMILES string of the molecule is COC(C)(C)CCC(=O)C1(N(C)C)CCCC(C)C1. The molecule has 0 N–H and O–H groups in total. The molecule has 1 aliphatic carbocycles. The molecule has 2 unspecified atom stereocenters. The number of likely N-dealkylation sites (N-methyl/N-ethyl adjacent to an activating group) is 1. The van der Waals surface area contributed by atoms with E-state index >= 15 is 0 Å². The van der Waals surface area contributed by atoms with E-state index in [9.17, 15) is 4.79 Å². The number of hydrogen-bond donors (Lipinski definition) is 0. The summed E-state index contributed by atoms with van der Waals surface area (Å²) in [7, 11) is 5.82. The molecule has 0 amide bonds. The number of methoxy groups -OCH3 is 1. The van der Waals surface area contributed by atoms with Crippen LogP contribution in [-0.4, -0.2) is 43.0 Å². The summed E-state index contributed by atoms with van der Waals surface area (Å²) in [6.07, 6.45) is 5.85. The summed E-state index contributed by atoms with van der Waals surface area (Å²) in [6, 6.07) is 0. The van der Waals surface area contributed by atoms with E-state index in [0.29, 0.717) is 18.1 Å². The third-order valence-corrected chi connectivity index (χ3v) is 4.86. The average Bonchev–Trinajstić information content (AvgIpc) is 2.35. The smallest absolute Gasteiger partial charge is 0.153 e. The van der Waals surface area contributed by atoms with Gasteiger partial charge in [-0.1, -0.05) is 19.8 Å². The Morgan fingerprint density at radius 3 is 2.53 bits per heavy atom. The first-order valence-corrected chi connectivity index (χ1v) is 7.49. The predicted octanol–water partition coefficient (Wildman–Crippen LogP) is 3.27. The Labute approximate surface area is 118 Å². The lowest BCUT2D eigenvalue weighted by Crippen LogP contribution is -2.54. The highest BCUT2D eigenvalue weighted by atomic mass is 16.5. The maximum Gasteiger partial charge on any atom is 0.153 e. The molecule has 1 saturated carbocycles. The van der Waals surface area contributed by atoms with Crippen LogP contribution in [0.15, 0.2) is 0 Å². The highest BCUT2D eigenvalue weighted by molar-refractivity contribution is 5.88. The molecule has 0 aliphatic heterocycles. The third kappa shape index (κ3) is 4.03. The van der Waals surface area contributed by atoms with Gasteiger partial charge < -0.3 is 4.74 Å². The summed E-state index contributed by atoms with van der Waals surface area (Å²) in [6.45, 7) is 6.36. The minimum atomic E-state index is -0.235. The maximum absolute atomic E-state index is 12.8. The Morgan fingerprint density at radius 2 is 2.05 bits per heavy atom. The first kappa shape index (κ1) is 16.6. The summed E-state index contributed by atoms with van der Waals surface area (Å²) < 4.78 is 5.42. The number of hydrogen-bond acceptors (Lipinski definition) is 3. The Balaban J connectivity index is 2.74. The molecule has 0 aromatic carbocycles. The number of ether oxygens (including phenoxy) is 1. The van der Waals surface area contributed by atoms with E-state index in [-0.39, 0.29) is 11.1 Å². The van der Waals surface area contributed by atoms with E-state index in [0.717, 1.165) is 19.3 Å². The van der Waals surface area contributed by atoms with Gasteiger partial charge in [0, 0.05) is 13.5 Å². The zero-order valence-electron chi connectivity index (χ0n) is 13.6. The lowest BCUT2D eigenvalue weighted by molar-refractivity contribution is -0.134. The van der Waals surface area contributed by atoms with Gasteiger partial charge in [0.2, 0.25) is 0 Å².